The van der Waals surface area contributed by atoms with Gasteiger partial charge in [-0.1, -0.05) is 0 Å². The summed E-state index contributed by atoms with van der Waals surface area (Å²) in [5.74, 6) is 0.177. The van der Waals surface area contributed by atoms with Crippen molar-refractivity contribution >= 4 is 28.7 Å². The van der Waals surface area contributed by atoms with Gasteiger partial charge in [-0.3, -0.25) is 19.0 Å². The predicted octanol–water partition coefficient (Wildman–Crippen LogP) is 0.348. The number of Topliss-reactive ketones (excluding diaryl/α,β-unsaturated/α-hetero) is 1. The van der Waals surface area contributed by atoms with Crippen molar-refractivity contribution in [2.75, 3.05) is 12.3 Å². The molecular formula is C16H18N4O3. The van der Waals surface area contributed by atoms with Gasteiger partial charge in [0.05, 0.1) is 23.0 Å². The Balaban J connectivity index is 1.96. The molecule has 2 atom stereocenters. The van der Waals surface area contributed by atoms with E-state index >= 15 is 0 Å². The first-order chi connectivity index (χ1) is 11.0. The van der Waals surface area contributed by atoms with Crippen LogP contribution in [0, 0.1) is 6.92 Å². The van der Waals surface area contributed by atoms with Crippen LogP contribution in [0.5, 0.6) is 0 Å². The van der Waals surface area contributed by atoms with E-state index in [1.165, 1.54) is 0 Å². The number of hydrogen-bond acceptors (Lipinski definition) is 6. The number of aryl methyl sites for hydroxylation is 1. The first kappa shape index (κ1) is 15.4. The number of hydrogen-bond donors (Lipinski definition) is 2. The minimum absolute atomic E-state index is 0.100. The van der Waals surface area contributed by atoms with Crippen LogP contribution < -0.4 is 16.6 Å². The van der Waals surface area contributed by atoms with Gasteiger partial charge in [-0.05, 0) is 38.0 Å². The van der Waals surface area contributed by atoms with Gasteiger partial charge in [0.1, 0.15) is 5.82 Å². The third-order valence-corrected chi connectivity index (χ3v) is 4.31. The number of benzene rings is 1. The van der Waals surface area contributed by atoms with Crippen LogP contribution in [0.4, 0.5) is 5.69 Å². The van der Waals surface area contributed by atoms with E-state index in [2.05, 4.69) is 10.3 Å². The molecule has 0 amide bonds. The zero-order chi connectivity index (χ0) is 16.6. The van der Waals surface area contributed by atoms with Gasteiger partial charge in [-0.25, -0.2) is 4.98 Å². The average Bonchev–Trinajstić information content (AvgIpc) is 2.55. The molecule has 23 heavy (non-hydrogen) atoms. The summed E-state index contributed by atoms with van der Waals surface area (Å²) < 4.78 is 1.65. The zero-order valence-corrected chi connectivity index (χ0v) is 12.8. The SMILES string of the molecule is Cc1nc2ccc(N)cc2c(=O)n1C1CCC(C(=O)C=O)NC1. The molecule has 7 nitrogen and oxygen atoms in total. The van der Waals surface area contributed by atoms with Crippen LogP contribution in [-0.2, 0) is 9.59 Å². The lowest BCUT2D eigenvalue weighted by Crippen LogP contribution is -2.47. The van der Waals surface area contributed by atoms with Crippen LogP contribution in [0.2, 0.25) is 0 Å². The van der Waals surface area contributed by atoms with E-state index in [1.54, 1.807) is 29.7 Å². The standard InChI is InChI=1S/C16H18N4O3/c1-9-19-13-4-2-10(17)6-12(13)16(23)20(9)11-3-5-14(18-7-11)15(22)8-21/h2,4,6,8,11,14,18H,3,5,7,17H2,1H3. The molecule has 1 fully saturated rings. The van der Waals surface area contributed by atoms with Gasteiger partial charge < -0.3 is 11.1 Å². The number of aromatic nitrogens is 2. The van der Waals surface area contributed by atoms with Crippen molar-refractivity contribution in [2.24, 2.45) is 0 Å². The number of ketones is 1. The molecular weight excluding hydrogens is 296 g/mol. The van der Waals surface area contributed by atoms with E-state index in [0.717, 1.165) is 0 Å². The molecule has 120 valence electrons. The molecule has 2 heterocycles. The Hall–Kier alpha value is -2.54. The summed E-state index contributed by atoms with van der Waals surface area (Å²) in [5, 5.41) is 3.53. The first-order valence-electron chi connectivity index (χ1n) is 7.52. The number of nitrogens with zero attached hydrogens (tertiary/aromatic N) is 2. The molecule has 1 aromatic heterocycles. The van der Waals surface area contributed by atoms with Crippen LogP contribution in [0.15, 0.2) is 23.0 Å². The molecule has 1 aromatic carbocycles. The smallest absolute Gasteiger partial charge is 0.261 e. The molecule has 0 aliphatic carbocycles. The summed E-state index contributed by atoms with van der Waals surface area (Å²) in [4.78, 5) is 39.3. The summed E-state index contributed by atoms with van der Waals surface area (Å²) in [6, 6.07) is 4.54. The van der Waals surface area contributed by atoms with Crippen molar-refractivity contribution in [3.8, 4) is 0 Å². The molecule has 1 aliphatic rings. The van der Waals surface area contributed by atoms with Crippen LogP contribution in [0.1, 0.15) is 24.7 Å². The fraction of sp³-hybridized carbons (Fsp3) is 0.375. The highest BCUT2D eigenvalue weighted by atomic mass is 16.2. The van der Waals surface area contributed by atoms with Crippen molar-refractivity contribution in [3.63, 3.8) is 0 Å². The molecule has 7 heteroatoms. The normalized spacial score (nSPS) is 21.3. The first-order valence-corrected chi connectivity index (χ1v) is 7.52. The maximum atomic E-state index is 12.8. The van der Waals surface area contributed by atoms with E-state index in [1.807, 2.05) is 0 Å². The highest BCUT2D eigenvalue weighted by molar-refractivity contribution is 6.27. The number of carbonyl (C=O) groups is 2. The van der Waals surface area contributed by atoms with Gasteiger partial charge in [0.25, 0.3) is 5.56 Å². The minimum Gasteiger partial charge on any atom is -0.399 e. The predicted molar refractivity (Wildman–Crippen MR) is 86.3 cm³/mol. The Morgan fingerprint density at radius 2 is 2.22 bits per heavy atom. The molecule has 0 radical (unpaired) electrons. The van der Waals surface area contributed by atoms with Crippen molar-refractivity contribution < 1.29 is 9.59 Å². The van der Waals surface area contributed by atoms with Gasteiger partial charge in [0.15, 0.2) is 6.29 Å². The monoisotopic (exact) mass is 314 g/mol. The van der Waals surface area contributed by atoms with E-state index in [-0.39, 0.29) is 11.6 Å². The number of nitrogens with one attached hydrogen (secondary N) is 1. The second-order valence-corrected chi connectivity index (χ2v) is 5.82. The van der Waals surface area contributed by atoms with Crippen LogP contribution in [0.25, 0.3) is 10.9 Å². The summed E-state index contributed by atoms with van der Waals surface area (Å²) in [6.07, 6.45) is 1.49. The second kappa shape index (κ2) is 5.92. The molecule has 3 N–H and O–H groups in total. The van der Waals surface area contributed by atoms with Crippen molar-refractivity contribution in [1.82, 2.24) is 14.9 Å². The second-order valence-electron chi connectivity index (χ2n) is 5.82. The van der Waals surface area contributed by atoms with Crippen LogP contribution in [0.3, 0.4) is 0 Å². The van der Waals surface area contributed by atoms with Crippen LogP contribution >= 0.6 is 0 Å². The van der Waals surface area contributed by atoms with Gasteiger partial charge in [0.2, 0.25) is 5.78 Å². The highest BCUT2D eigenvalue weighted by Crippen LogP contribution is 2.21. The molecule has 1 saturated heterocycles. The lowest BCUT2D eigenvalue weighted by Gasteiger charge is -2.30. The number of aldehydes is 1. The number of piperidine rings is 1. The molecule has 2 unspecified atom stereocenters. The number of rotatable bonds is 3. The third-order valence-electron chi connectivity index (χ3n) is 4.31. The van der Waals surface area contributed by atoms with Crippen molar-refractivity contribution in [1.29, 1.82) is 0 Å². The van der Waals surface area contributed by atoms with Crippen molar-refractivity contribution in [3.05, 3.63) is 34.4 Å². The van der Waals surface area contributed by atoms with Gasteiger partial charge in [-0.15, -0.1) is 0 Å². The van der Waals surface area contributed by atoms with E-state index in [4.69, 9.17) is 5.73 Å². The fourth-order valence-electron chi connectivity index (χ4n) is 3.14. The summed E-state index contributed by atoms with van der Waals surface area (Å²) in [6.45, 7) is 2.24. The molecule has 1 aliphatic heterocycles. The Morgan fingerprint density at radius 3 is 2.87 bits per heavy atom. The van der Waals surface area contributed by atoms with E-state index < -0.39 is 11.8 Å². The molecule has 3 rings (SSSR count). The number of nitrogens with two attached hydrogens (primary N) is 1. The fourth-order valence-corrected chi connectivity index (χ4v) is 3.14. The number of nitrogen functional groups attached to an aromatic ring is 1. The maximum Gasteiger partial charge on any atom is 0.261 e. The Morgan fingerprint density at radius 1 is 1.43 bits per heavy atom. The lowest BCUT2D eigenvalue weighted by atomic mass is 9.97. The van der Waals surface area contributed by atoms with E-state index in [0.29, 0.717) is 48.1 Å². The van der Waals surface area contributed by atoms with Gasteiger partial charge in [-0.2, -0.15) is 0 Å². The summed E-state index contributed by atoms with van der Waals surface area (Å²) >= 11 is 0. The Bertz CT molecular complexity index is 835. The summed E-state index contributed by atoms with van der Waals surface area (Å²) in [7, 11) is 0. The largest absolute Gasteiger partial charge is 0.399 e. The highest BCUT2D eigenvalue weighted by Gasteiger charge is 2.27. The summed E-state index contributed by atoms with van der Waals surface area (Å²) in [5.41, 5.74) is 6.77. The van der Waals surface area contributed by atoms with E-state index in [9.17, 15) is 14.4 Å². The average molecular weight is 314 g/mol. The van der Waals surface area contributed by atoms with Gasteiger partial charge in [0, 0.05) is 12.2 Å². The topological polar surface area (TPSA) is 107 Å². The Kier molecular flexibility index (Phi) is 3.96. The van der Waals surface area contributed by atoms with Crippen LogP contribution in [-0.4, -0.2) is 34.2 Å². The van der Waals surface area contributed by atoms with Crippen molar-refractivity contribution in [2.45, 2.75) is 31.8 Å². The quantitative estimate of drug-likeness (QED) is 0.481. The number of fused-ring (bicyclic) bond motifs is 1. The Labute approximate surface area is 132 Å². The molecule has 0 bridgehead atoms. The number of anilines is 1. The maximum absolute atomic E-state index is 12.8. The number of carbonyl (C=O) groups excluding carboxylic acids is 2. The lowest BCUT2D eigenvalue weighted by molar-refractivity contribution is -0.131. The van der Waals surface area contributed by atoms with Gasteiger partial charge >= 0.3 is 0 Å². The molecule has 2 aromatic rings. The minimum atomic E-state index is -0.455. The molecule has 0 spiro atoms. The third kappa shape index (κ3) is 2.75. The molecule has 0 saturated carbocycles. The zero-order valence-electron chi connectivity index (χ0n) is 12.8.